The summed E-state index contributed by atoms with van der Waals surface area (Å²) in [5.74, 6) is 0. The lowest BCUT2D eigenvalue weighted by atomic mass is 9.97. The fourth-order valence-electron chi connectivity index (χ4n) is 3.32. The third-order valence-corrected chi connectivity index (χ3v) is 4.74. The van der Waals surface area contributed by atoms with Gasteiger partial charge < -0.3 is 25.4 Å². The Kier molecular flexibility index (Phi) is 5.48. The molecule has 0 bridgehead atoms. The van der Waals surface area contributed by atoms with Crippen LogP contribution in [0.25, 0.3) is 10.8 Å². The molecule has 1 saturated heterocycles. The van der Waals surface area contributed by atoms with Gasteiger partial charge in [-0.15, -0.1) is 0 Å². The molecule has 5 atom stereocenters. The smallest absolute Gasteiger partial charge is 0.173 e. The first-order valence-electron chi connectivity index (χ1n) is 8.47. The lowest BCUT2D eigenvalue weighted by Gasteiger charge is -2.39. The van der Waals surface area contributed by atoms with Crippen LogP contribution in [0.15, 0.2) is 42.5 Å². The molecule has 2 unspecified atom stereocenters. The summed E-state index contributed by atoms with van der Waals surface area (Å²) >= 11 is 0. The van der Waals surface area contributed by atoms with Crippen LogP contribution in [0.5, 0.6) is 0 Å². The Morgan fingerprint density at radius 3 is 2.58 bits per heavy atom. The van der Waals surface area contributed by atoms with E-state index in [0.717, 1.165) is 12.8 Å². The quantitative estimate of drug-likeness (QED) is 0.619. The van der Waals surface area contributed by atoms with E-state index in [1.54, 1.807) is 6.92 Å². The monoisotopic (exact) mass is 331 g/mol. The first-order chi connectivity index (χ1) is 11.6. The normalized spacial score (nSPS) is 30.6. The third kappa shape index (κ3) is 3.61. The van der Waals surface area contributed by atoms with Crippen molar-refractivity contribution >= 4 is 10.8 Å². The van der Waals surface area contributed by atoms with Gasteiger partial charge in [0.2, 0.25) is 0 Å². The zero-order chi connectivity index (χ0) is 17.1. The van der Waals surface area contributed by atoms with Crippen molar-refractivity contribution in [3.8, 4) is 0 Å². The number of hydrogen-bond donors (Lipinski definition) is 4. The number of ether oxygens (including phenoxy) is 1. The van der Waals surface area contributed by atoms with Gasteiger partial charge in [-0.1, -0.05) is 42.5 Å². The number of benzene rings is 2. The van der Waals surface area contributed by atoms with Crippen molar-refractivity contribution in [1.82, 2.24) is 5.32 Å². The molecule has 0 spiro atoms. The van der Waals surface area contributed by atoms with Crippen molar-refractivity contribution in [3.05, 3.63) is 48.0 Å². The summed E-state index contributed by atoms with van der Waals surface area (Å²) in [4.78, 5) is 0. The molecule has 5 nitrogen and oxygen atoms in total. The second-order valence-corrected chi connectivity index (χ2v) is 6.43. The highest BCUT2D eigenvalue weighted by molar-refractivity contribution is 5.85. The van der Waals surface area contributed by atoms with Crippen LogP contribution in [-0.4, -0.2) is 52.5 Å². The summed E-state index contributed by atoms with van der Waals surface area (Å²) in [6, 6.07) is 13.9. The van der Waals surface area contributed by atoms with E-state index in [1.165, 1.54) is 16.3 Å². The lowest BCUT2D eigenvalue weighted by Crippen LogP contribution is -2.62. The molecule has 0 radical (unpaired) electrons. The number of rotatable bonds is 5. The van der Waals surface area contributed by atoms with Crippen LogP contribution in [0.2, 0.25) is 0 Å². The van der Waals surface area contributed by atoms with Gasteiger partial charge in [0.1, 0.15) is 12.2 Å². The van der Waals surface area contributed by atoms with E-state index in [0.29, 0.717) is 6.54 Å². The maximum absolute atomic E-state index is 10.1. The maximum Gasteiger partial charge on any atom is 0.173 e. The van der Waals surface area contributed by atoms with Gasteiger partial charge in [0.15, 0.2) is 6.29 Å². The van der Waals surface area contributed by atoms with Crippen molar-refractivity contribution in [1.29, 1.82) is 0 Å². The minimum absolute atomic E-state index is 0.580. The minimum Gasteiger partial charge on any atom is -0.388 e. The summed E-state index contributed by atoms with van der Waals surface area (Å²) in [6.07, 6.45) is -1.98. The number of fused-ring (bicyclic) bond motifs is 1. The second kappa shape index (κ2) is 7.59. The van der Waals surface area contributed by atoms with Gasteiger partial charge in [-0.3, -0.25) is 0 Å². The molecule has 1 heterocycles. The van der Waals surface area contributed by atoms with Gasteiger partial charge in [0.25, 0.3) is 0 Å². The summed E-state index contributed by atoms with van der Waals surface area (Å²) in [5.41, 5.74) is 1.28. The average Bonchev–Trinajstić information content (AvgIpc) is 2.59. The highest BCUT2D eigenvalue weighted by Crippen LogP contribution is 2.21. The van der Waals surface area contributed by atoms with Gasteiger partial charge in [0, 0.05) is 0 Å². The molecule has 0 aromatic heterocycles. The third-order valence-electron chi connectivity index (χ3n) is 4.74. The highest BCUT2D eigenvalue weighted by Gasteiger charge is 2.41. The number of aryl methyl sites for hydroxylation is 1. The number of hydrogen-bond acceptors (Lipinski definition) is 5. The molecule has 24 heavy (non-hydrogen) atoms. The van der Waals surface area contributed by atoms with E-state index in [4.69, 9.17) is 4.74 Å². The molecule has 3 rings (SSSR count). The standard InChI is InChI=1S/C19H25NO4/c1-12-17(21)18(22)16(19(23)24-12)20-11-5-9-14-8-4-7-13-6-2-3-10-15(13)14/h2-4,6-8,10,12,16-23H,5,9,11H2,1H3/t12-,16?,17+,18-,19?/m1/s1. The van der Waals surface area contributed by atoms with Crippen LogP contribution < -0.4 is 5.32 Å². The molecule has 2 aromatic carbocycles. The minimum atomic E-state index is -1.11. The van der Waals surface area contributed by atoms with Gasteiger partial charge in [0.05, 0.1) is 12.1 Å². The molecule has 1 aliphatic heterocycles. The van der Waals surface area contributed by atoms with Crippen molar-refractivity contribution in [2.45, 2.75) is 50.4 Å². The van der Waals surface area contributed by atoms with Crippen LogP contribution >= 0.6 is 0 Å². The topological polar surface area (TPSA) is 82.0 Å². The molecule has 4 N–H and O–H groups in total. The van der Waals surface area contributed by atoms with E-state index in [9.17, 15) is 15.3 Å². The molecule has 1 aliphatic rings. The van der Waals surface area contributed by atoms with E-state index in [1.807, 2.05) is 12.1 Å². The Labute approximate surface area is 141 Å². The Morgan fingerprint density at radius 1 is 1.00 bits per heavy atom. The van der Waals surface area contributed by atoms with Gasteiger partial charge >= 0.3 is 0 Å². The van der Waals surface area contributed by atoms with Crippen molar-refractivity contribution in [2.24, 2.45) is 0 Å². The summed E-state index contributed by atoms with van der Waals surface area (Å²) < 4.78 is 5.24. The van der Waals surface area contributed by atoms with Gasteiger partial charge in [-0.05, 0) is 42.6 Å². The van der Waals surface area contributed by atoms with Gasteiger partial charge in [-0.2, -0.15) is 0 Å². The Hall–Kier alpha value is -1.50. The molecule has 0 amide bonds. The van der Waals surface area contributed by atoms with E-state index in [-0.39, 0.29) is 0 Å². The molecule has 130 valence electrons. The largest absolute Gasteiger partial charge is 0.388 e. The van der Waals surface area contributed by atoms with Crippen LogP contribution in [0, 0.1) is 0 Å². The first kappa shape index (κ1) is 17.3. The fourth-order valence-corrected chi connectivity index (χ4v) is 3.32. The van der Waals surface area contributed by atoms with E-state index < -0.39 is 30.6 Å². The van der Waals surface area contributed by atoms with Crippen molar-refractivity contribution < 1.29 is 20.1 Å². The molecular weight excluding hydrogens is 306 g/mol. The Morgan fingerprint density at radius 2 is 1.75 bits per heavy atom. The van der Waals surface area contributed by atoms with Gasteiger partial charge in [-0.25, -0.2) is 0 Å². The summed E-state index contributed by atoms with van der Waals surface area (Å²) in [7, 11) is 0. The molecule has 2 aromatic rings. The average molecular weight is 331 g/mol. The van der Waals surface area contributed by atoms with Crippen molar-refractivity contribution in [3.63, 3.8) is 0 Å². The number of nitrogens with one attached hydrogen (secondary N) is 1. The Balaban J connectivity index is 1.55. The molecule has 0 saturated carbocycles. The zero-order valence-electron chi connectivity index (χ0n) is 13.8. The Bertz CT molecular complexity index is 672. The zero-order valence-corrected chi connectivity index (χ0v) is 13.8. The lowest BCUT2D eigenvalue weighted by molar-refractivity contribution is -0.242. The first-order valence-corrected chi connectivity index (χ1v) is 8.47. The van der Waals surface area contributed by atoms with E-state index >= 15 is 0 Å². The second-order valence-electron chi connectivity index (χ2n) is 6.43. The predicted molar refractivity (Wildman–Crippen MR) is 92.6 cm³/mol. The SMILES string of the molecule is C[C@H]1OC(O)C(NCCCc2cccc3ccccc23)[C@@H](O)[C@H]1O. The fraction of sp³-hybridized carbons (Fsp3) is 0.474. The van der Waals surface area contributed by atoms with Crippen molar-refractivity contribution in [2.75, 3.05) is 6.54 Å². The number of aliphatic hydroxyl groups is 3. The predicted octanol–water partition coefficient (Wildman–Crippen LogP) is 1.19. The molecule has 0 aliphatic carbocycles. The van der Waals surface area contributed by atoms with Crippen LogP contribution in [-0.2, 0) is 11.2 Å². The number of aliphatic hydroxyl groups excluding tert-OH is 3. The maximum atomic E-state index is 10.1. The molecule has 1 fully saturated rings. The summed E-state index contributed by atoms with van der Waals surface area (Å²) in [5, 5.41) is 35.5. The molecular formula is C19H25NO4. The van der Waals surface area contributed by atoms with Crippen LogP contribution in [0.1, 0.15) is 18.9 Å². The van der Waals surface area contributed by atoms with E-state index in [2.05, 4.69) is 35.6 Å². The molecule has 5 heteroatoms. The summed E-state index contributed by atoms with van der Waals surface area (Å²) in [6.45, 7) is 2.25. The van der Waals surface area contributed by atoms with Crippen LogP contribution in [0.4, 0.5) is 0 Å². The highest BCUT2D eigenvalue weighted by atomic mass is 16.6. The van der Waals surface area contributed by atoms with Crippen LogP contribution in [0.3, 0.4) is 0 Å².